The highest BCUT2D eigenvalue weighted by molar-refractivity contribution is 5.91. The normalized spacial score (nSPS) is 21.3. The molecule has 2 heteroatoms. The van der Waals surface area contributed by atoms with Gasteiger partial charge in [0.15, 0.2) is 0 Å². The van der Waals surface area contributed by atoms with Crippen LogP contribution in [-0.2, 0) is 22.0 Å². The Morgan fingerprint density at radius 3 is 2.20 bits per heavy atom. The van der Waals surface area contributed by atoms with Gasteiger partial charge in [0.1, 0.15) is 0 Å². The Morgan fingerprint density at radius 1 is 1.00 bits per heavy atom. The summed E-state index contributed by atoms with van der Waals surface area (Å²) in [6.07, 6.45) is 5.91. The highest BCUT2D eigenvalue weighted by Gasteiger charge is 2.38. The number of benzene rings is 2. The van der Waals surface area contributed by atoms with Crippen molar-refractivity contribution in [2.24, 2.45) is 5.92 Å². The number of carbonyl (C=O) groups is 1. The van der Waals surface area contributed by atoms with E-state index in [0.717, 1.165) is 6.42 Å². The molecule has 0 bridgehead atoms. The van der Waals surface area contributed by atoms with Crippen LogP contribution in [0.1, 0.15) is 92.6 Å². The molecule has 2 aromatic carbocycles. The Labute approximate surface area is 181 Å². The van der Waals surface area contributed by atoms with E-state index in [4.69, 9.17) is 4.74 Å². The first-order chi connectivity index (χ1) is 14.1. The van der Waals surface area contributed by atoms with E-state index in [1.165, 1.54) is 40.7 Å². The van der Waals surface area contributed by atoms with Gasteiger partial charge in [-0.05, 0) is 88.5 Å². The molecule has 2 nitrogen and oxygen atoms in total. The van der Waals surface area contributed by atoms with Crippen molar-refractivity contribution < 1.29 is 9.53 Å². The Kier molecular flexibility index (Phi) is 5.16. The lowest BCUT2D eigenvalue weighted by atomic mass is 9.62. The van der Waals surface area contributed by atoms with Crippen molar-refractivity contribution in [2.45, 2.75) is 71.6 Å². The smallest absolute Gasteiger partial charge is 0.338 e. The summed E-state index contributed by atoms with van der Waals surface area (Å²) in [6, 6.07) is 12.9. The molecule has 0 radical (unpaired) electrons. The molecule has 158 valence electrons. The van der Waals surface area contributed by atoms with Gasteiger partial charge in [-0.15, -0.1) is 0 Å². The van der Waals surface area contributed by atoms with Gasteiger partial charge >= 0.3 is 5.97 Å². The fraction of sp³-hybridized carbons (Fsp3) is 0.464. The number of fused-ring (bicyclic) bond motifs is 2. The molecule has 0 saturated carbocycles. The lowest BCUT2D eigenvalue weighted by molar-refractivity contribution is 0.0526. The molecule has 2 aliphatic carbocycles. The summed E-state index contributed by atoms with van der Waals surface area (Å²) in [5, 5.41) is 0. The molecule has 2 aromatic rings. The Morgan fingerprint density at radius 2 is 1.60 bits per heavy atom. The third kappa shape index (κ3) is 3.62. The van der Waals surface area contributed by atoms with Gasteiger partial charge in [0.25, 0.3) is 0 Å². The second kappa shape index (κ2) is 7.41. The van der Waals surface area contributed by atoms with Crippen molar-refractivity contribution in [3.8, 4) is 0 Å². The van der Waals surface area contributed by atoms with Crippen molar-refractivity contribution in [3.05, 3.63) is 69.8 Å². The summed E-state index contributed by atoms with van der Waals surface area (Å²) in [7, 11) is 0. The van der Waals surface area contributed by atoms with Crippen molar-refractivity contribution in [2.75, 3.05) is 6.61 Å². The molecule has 1 atom stereocenters. The molecule has 0 spiro atoms. The van der Waals surface area contributed by atoms with Crippen LogP contribution in [0.5, 0.6) is 0 Å². The van der Waals surface area contributed by atoms with E-state index in [0.29, 0.717) is 18.1 Å². The molecule has 2 aliphatic rings. The Hall–Kier alpha value is -2.35. The van der Waals surface area contributed by atoms with Gasteiger partial charge in [0.2, 0.25) is 0 Å². The summed E-state index contributed by atoms with van der Waals surface area (Å²) in [4.78, 5) is 12.0. The zero-order valence-electron chi connectivity index (χ0n) is 19.3. The first-order valence-corrected chi connectivity index (χ1v) is 11.3. The van der Waals surface area contributed by atoms with Crippen molar-refractivity contribution >= 4 is 17.6 Å². The molecule has 1 unspecified atom stereocenters. The molecule has 0 saturated heterocycles. The van der Waals surface area contributed by atoms with E-state index in [-0.39, 0.29) is 16.8 Å². The van der Waals surface area contributed by atoms with Crippen molar-refractivity contribution in [1.82, 2.24) is 0 Å². The van der Waals surface area contributed by atoms with Crippen LogP contribution in [0, 0.1) is 5.92 Å². The third-order valence-electron chi connectivity index (χ3n) is 7.21. The van der Waals surface area contributed by atoms with Crippen LogP contribution in [0.2, 0.25) is 0 Å². The van der Waals surface area contributed by atoms with Crippen LogP contribution in [0.15, 0.2) is 36.4 Å². The van der Waals surface area contributed by atoms with E-state index in [1.54, 1.807) is 5.56 Å². The van der Waals surface area contributed by atoms with Crippen LogP contribution >= 0.6 is 0 Å². The van der Waals surface area contributed by atoms with Crippen molar-refractivity contribution in [1.29, 1.82) is 0 Å². The predicted octanol–water partition coefficient (Wildman–Crippen LogP) is 6.95. The molecular formula is C28H34O2. The average Bonchev–Trinajstić information content (AvgIpc) is 2.70. The van der Waals surface area contributed by atoms with Crippen LogP contribution in [0.3, 0.4) is 0 Å². The number of hydrogen-bond donors (Lipinski definition) is 0. The minimum Gasteiger partial charge on any atom is -0.462 e. The topological polar surface area (TPSA) is 26.3 Å². The lowest BCUT2D eigenvalue weighted by Crippen LogP contribution is -2.34. The van der Waals surface area contributed by atoms with E-state index in [2.05, 4.69) is 65.0 Å². The number of ether oxygens (including phenoxy) is 1. The number of allylic oxidation sites excluding steroid dienone is 1. The first kappa shape index (κ1) is 20.9. The minimum absolute atomic E-state index is 0.220. The standard InChI is InChI=1S/C28H34O2/c1-7-30-26(29)20-10-8-19(9-11-20)23-15-22-17-25-24(16-21(22)14-18(23)2)27(3,4)12-13-28(25,5)6/h8-11,15-18H,7,12-14H2,1-6H3. The second-order valence-electron chi connectivity index (χ2n) is 10.4. The van der Waals surface area contributed by atoms with E-state index >= 15 is 0 Å². The van der Waals surface area contributed by atoms with Crippen LogP contribution < -0.4 is 0 Å². The third-order valence-corrected chi connectivity index (χ3v) is 7.21. The van der Waals surface area contributed by atoms with Gasteiger partial charge in [-0.3, -0.25) is 0 Å². The SMILES string of the molecule is CCOC(=O)c1ccc(C2=Cc3cc4c(cc3CC2C)C(C)(C)CCC4(C)C)cc1. The molecule has 0 aromatic heterocycles. The van der Waals surface area contributed by atoms with Crippen LogP contribution in [-0.4, -0.2) is 12.6 Å². The van der Waals surface area contributed by atoms with Crippen LogP contribution in [0.25, 0.3) is 11.6 Å². The summed E-state index contributed by atoms with van der Waals surface area (Å²) >= 11 is 0. The van der Waals surface area contributed by atoms with Gasteiger partial charge < -0.3 is 4.74 Å². The summed E-state index contributed by atoms with van der Waals surface area (Å²) in [5.74, 6) is 0.195. The average molecular weight is 403 g/mol. The Balaban J connectivity index is 1.75. The van der Waals surface area contributed by atoms with Gasteiger partial charge in [-0.25, -0.2) is 4.79 Å². The zero-order chi connectivity index (χ0) is 21.7. The maximum atomic E-state index is 12.0. The Bertz CT molecular complexity index is 1010. The maximum Gasteiger partial charge on any atom is 0.338 e. The first-order valence-electron chi connectivity index (χ1n) is 11.3. The van der Waals surface area contributed by atoms with E-state index in [1.807, 2.05) is 19.1 Å². The molecule has 0 N–H and O–H groups in total. The molecule has 0 heterocycles. The summed E-state index contributed by atoms with van der Waals surface area (Å²) in [5.41, 5.74) is 9.52. The fourth-order valence-corrected chi connectivity index (χ4v) is 5.12. The monoisotopic (exact) mass is 402 g/mol. The second-order valence-corrected chi connectivity index (χ2v) is 10.4. The lowest BCUT2D eigenvalue weighted by Gasteiger charge is -2.43. The number of hydrogen-bond acceptors (Lipinski definition) is 2. The molecular weight excluding hydrogens is 368 g/mol. The summed E-state index contributed by atoms with van der Waals surface area (Å²) in [6.45, 7) is 14.1. The largest absolute Gasteiger partial charge is 0.462 e. The predicted molar refractivity (Wildman–Crippen MR) is 125 cm³/mol. The quantitative estimate of drug-likeness (QED) is 0.520. The van der Waals surface area contributed by atoms with Gasteiger partial charge in [0.05, 0.1) is 12.2 Å². The minimum atomic E-state index is -0.253. The molecule has 30 heavy (non-hydrogen) atoms. The molecule has 4 rings (SSSR count). The highest BCUT2D eigenvalue weighted by Crippen LogP contribution is 2.48. The number of rotatable bonds is 3. The van der Waals surface area contributed by atoms with Gasteiger partial charge in [0, 0.05) is 0 Å². The summed E-state index contributed by atoms with van der Waals surface area (Å²) < 4.78 is 5.12. The highest BCUT2D eigenvalue weighted by atomic mass is 16.5. The zero-order valence-corrected chi connectivity index (χ0v) is 19.3. The van der Waals surface area contributed by atoms with Crippen LogP contribution in [0.4, 0.5) is 0 Å². The number of carbonyl (C=O) groups excluding carboxylic acids is 1. The van der Waals surface area contributed by atoms with Gasteiger partial charge in [-0.1, -0.05) is 65.0 Å². The van der Waals surface area contributed by atoms with Gasteiger partial charge in [-0.2, -0.15) is 0 Å². The fourth-order valence-electron chi connectivity index (χ4n) is 5.12. The van der Waals surface area contributed by atoms with E-state index in [9.17, 15) is 4.79 Å². The molecule has 0 fully saturated rings. The van der Waals surface area contributed by atoms with Crippen molar-refractivity contribution in [3.63, 3.8) is 0 Å². The number of esters is 1. The molecule has 0 amide bonds. The van der Waals surface area contributed by atoms with E-state index < -0.39 is 0 Å². The molecule has 0 aliphatic heterocycles. The maximum absolute atomic E-state index is 12.0.